The fourth-order valence-electron chi connectivity index (χ4n) is 1.61. The number of rotatable bonds is 6. The average molecular weight is 207 g/mol. The lowest BCUT2D eigenvalue weighted by molar-refractivity contribution is 0.135. The summed E-state index contributed by atoms with van der Waals surface area (Å²) in [5, 5.41) is 9.78. The number of aliphatic hydroxyl groups excluding tert-OH is 1. The molecular weight excluding hydrogens is 186 g/mol. The van der Waals surface area contributed by atoms with Crippen LogP contribution in [-0.4, -0.2) is 16.2 Å². The molecule has 1 aromatic heterocycles. The van der Waals surface area contributed by atoms with Gasteiger partial charge < -0.3 is 5.11 Å². The Hall–Kier alpha value is -0.890. The van der Waals surface area contributed by atoms with E-state index >= 15 is 0 Å². The molecule has 1 aromatic rings. The zero-order valence-electron chi connectivity index (χ0n) is 9.69. The summed E-state index contributed by atoms with van der Waals surface area (Å²) in [4.78, 5) is 4.24. The van der Waals surface area contributed by atoms with Crippen molar-refractivity contribution in [1.29, 1.82) is 0 Å². The lowest BCUT2D eigenvalue weighted by atomic mass is 9.98. The van der Waals surface area contributed by atoms with Crippen molar-refractivity contribution in [3.63, 3.8) is 0 Å². The standard InChI is InChI=1S/C13H21NO/c1-3-11(2)10-13(15)8-7-12-6-4-5-9-14-12/h4-6,9,11,13,15H,3,7-8,10H2,1-2H3. The van der Waals surface area contributed by atoms with E-state index in [1.807, 2.05) is 18.2 Å². The maximum Gasteiger partial charge on any atom is 0.0546 e. The number of hydrogen-bond donors (Lipinski definition) is 1. The molecule has 2 heteroatoms. The minimum Gasteiger partial charge on any atom is -0.393 e. The highest BCUT2D eigenvalue weighted by Crippen LogP contribution is 2.13. The zero-order valence-corrected chi connectivity index (χ0v) is 9.69. The van der Waals surface area contributed by atoms with Crippen LogP contribution in [0.25, 0.3) is 0 Å². The topological polar surface area (TPSA) is 33.1 Å². The van der Waals surface area contributed by atoms with Crippen LogP contribution in [0.15, 0.2) is 24.4 Å². The summed E-state index contributed by atoms with van der Waals surface area (Å²) in [6.45, 7) is 4.35. The summed E-state index contributed by atoms with van der Waals surface area (Å²) in [6, 6.07) is 5.92. The SMILES string of the molecule is CCC(C)CC(O)CCc1ccccn1. The zero-order chi connectivity index (χ0) is 11.1. The van der Waals surface area contributed by atoms with Gasteiger partial charge in [0.25, 0.3) is 0 Å². The molecule has 0 spiro atoms. The molecule has 2 unspecified atom stereocenters. The Morgan fingerprint density at radius 3 is 2.80 bits per heavy atom. The van der Waals surface area contributed by atoms with E-state index in [-0.39, 0.29) is 6.10 Å². The molecule has 2 atom stereocenters. The Balaban J connectivity index is 2.25. The van der Waals surface area contributed by atoms with Gasteiger partial charge in [-0.05, 0) is 37.3 Å². The van der Waals surface area contributed by atoms with Crippen LogP contribution < -0.4 is 0 Å². The summed E-state index contributed by atoms with van der Waals surface area (Å²) >= 11 is 0. The molecule has 2 nitrogen and oxygen atoms in total. The number of hydrogen-bond acceptors (Lipinski definition) is 2. The van der Waals surface area contributed by atoms with Crippen molar-refractivity contribution in [2.75, 3.05) is 0 Å². The minimum atomic E-state index is -0.179. The van der Waals surface area contributed by atoms with Crippen molar-refractivity contribution in [3.8, 4) is 0 Å². The summed E-state index contributed by atoms with van der Waals surface area (Å²) in [7, 11) is 0. The maximum atomic E-state index is 9.78. The number of aromatic nitrogens is 1. The largest absolute Gasteiger partial charge is 0.393 e. The van der Waals surface area contributed by atoms with Gasteiger partial charge in [-0.15, -0.1) is 0 Å². The molecule has 0 fully saturated rings. The van der Waals surface area contributed by atoms with E-state index < -0.39 is 0 Å². The first kappa shape index (κ1) is 12.2. The first-order chi connectivity index (χ1) is 7.22. The van der Waals surface area contributed by atoms with Crippen molar-refractivity contribution in [3.05, 3.63) is 30.1 Å². The predicted octanol–water partition coefficient (Wildman–Crippen LogP) is 2.81. The van der Waals surface area contributed by atoms with E-state index in [9.17, 15) is 5.11 Å². The van der Waals surface area contributed by atoms with Crippen LogP contribution in [0.1, 0.15) is 38.8 Å². The van der Waals surface area contributed by atoms with Gasteiger partial charge in [0, 0.05) is 11.9 Å². The predicted molar refractivity (Wildman–Crippen MR) is 62.6 cm³/mol. The highest BCUT2D eigenvalue weighted by molar-refractivity contribution is 5.03. The van der Waals surface area contributed by atoms with E-state index in [0.29, 0.717) is 5.92 Å². The Morgan fingerprint density at radius 2 is 2.20 bits per heavy atom. The number of pyridine rings is 1. The molecule has 0 aliphatic heterocycles. The summed E-state index contributed by atoms with van der Waals surface area (Å²) < 4.78 is 0. The van der Waals surface area contributed by atoms with E-state index in [1.54, 1.807) is 6.20 Å². The molecule has 0 saturated heterocycles. The molecule has 1 heterocycles. The fraction of sp³-hybridized carbons (Fsp3) is 0.615. The van der Waals surface area contributed by atoms with E-state index in [1.165, 1.54) is 0 Å². The number of aliphatic hydroxyl groups is 1. The van der Waals surface area contributed by atoms with Crippen molar-refractivity contribution >= 4 is 0 Å². The molecule has 0 aromatic carbocycles. The van der Waals surface area contributed by atoms with E-state index in [4.69, 9.17) is 0 Å². The van der Waals surface area contributed by atoms with Gasteiger partial charge in [0.05, 0.1) is 6.10 Å². The van der Waals surface area contributed by atoms with Crippen LogP contribution >= 0.6 is 0 Å². The highest BCUT2D eigenvalue weighted by Gasteiger charge is 2.09. The Morgan fingerprint density at radius 1 is 1.40 bits per heavy atom. The Labute approximate surface area is 92.4 Å². The molecular formula is C13H21NO. The molecule has 84 valence electrons. The first-order valence-corrected chi connectivity index (χ1v) is 5.80. The van der Waals surface area contributed by atoms with Crippen molar-refractivity contribution in [2.24, 2.45) is 5.92 Å². The lowest BCUT2D eigenvalue weighted by Crippen LogP contribution is -2.12. The monoisotopic (exact) mass is 207 g/mol. The summed E-state index contributed by atoms with van der Waals surface area (Å²) in [5.74, 6) is 0.615. The van der Waals surface area contributed by atoms with Crippen LogP contribution in [0.3, 0.4) is 0 Å². The molecule has 15 heavy (non-hydrogen) atoms. The van der Waals surface area contributed by atoms with Crippen molar-refractivity contribution in [1.82, 2.24) is 4.98 Å². The van der Waals surface area contributed by atoms with Crippen LogP contribution in [0, 0.1) is 5.92 Å². The summed E-state index contributed by atoms with van der Waals surface area (Å²) in [5.41, 5.74) is 1.07. The van der Waals surface area contributed by atoms with Gasteiger partial charge in [0.1, 0.15) is 0 Å². The third-order valence-corrected chi connectivity index (χ3v) is 2.83. The highest BCUT2D eigenvalue weighted by atomic mass is 16.3. The Bertz CT molecular complexity index is 260. The van der Waals surface area contributed by atoms with Crippen LogP contribution in [0.5, 0.6) is 0 Å². The van der Waals surface area contributed by atoms with Gasteiger partial charge in [-0.3, -0.25) is 4.98 Å². The van der Waals surface area contributed by atoms with Crippen LogP contribution in [0.2, 0.25) is 0 Å². The van der Waals surface area contributed by atoms with E-state index in [0.717, 1.165) is 31.4 Å². The van der Waals surface area contributed by atoms with Gasteiger partial charge in [-0.25, -0.2) is 0 Å². The van der Waals surface area contributed by atoms with Gasteiger partial charge in [-0.2, -0.15) is 0 Å². The third-order valence-electron chi connectivity index (χ3n) is 2.83. The molecule has 0 bridgehead atoms. The second kappa shape index (κ2) is 6.57. The lowest BCUT2D eigenvalue weighted by Gasteiger charge is -2.14. The number of nitrogens with zero attached hydrogens (tertiary/aromatic N) is 1. The molecule has 0 amide bonds. The first-order valence-electron chi connectivity index (χ1n) is 5.80. The normalized spacial score (nSPS) is 14.9. The molecule has 0 saturated carbocycles. The van der Waals surface area contributed by atoms with Gasteiger partial charge in [-0.1, -0.05) is 26.3 Å². The molecule has 1 rings (SSSR count). The van der Waals surface area contributed by atoms with Crippen LogP contribution in [0.4, 0.5) is 0 Å². The maximum absolute atomic E-state index is 9.78. The smallest absolute Gasteiger partial charge is 0.0546 e. The fourth-order valence-corrected chi connectivity index (χ4v) is 1.61. The Kier molecular flexibility index (Phi) is 5.33. The van der Waals surface area contributed by atoms with Gasteiger partial charge in [0.2, 0.25) is 0 Å². The third kappa shape index (κ3) is 4.93. The van der Waals surface area contributed by atoms with E-state index in [2.05, 4.69) is 18.8 Å². The van der Waals surface area contributed by atoms with Crippen molar-refractivity contribution < 1.29 is 5.11 Å². The summed E-state index contributed by atoms with van der Waals surface area (Å²) in [6.07, 6.45) is 5.36. The number of aryl methyl sites for hydroxylation is 1. The quantitative estimate of drug-likeness (QED) is 0.778. The second-order valence-corrected chi connectivity index (χ2v) is 4.26. The second-order valence-electron chi connectivity index (χ2n) is 4.26. The molecule has 0 aliphatic carbocycles. The molecule has 0 radical (unpaired) electrons. The molecule has 0 aliphatic rings. The average Bonchev–Trinajstić information content (AvgIpc) is 2.27. The van der Waals surface area contributed by atoms with Crippen LogP contribution in [-0.2, 0) is 6.42 Å². The van der Waals surface area contributed by atoms with Gasteiger partial charge in [0.15, 0.2) is 0 Å². The minimum absolute atomic E-state index is 0.179. The molecule has 1 N–H and O–H groups in total. The van der Waals surface area contributed by atoms with Crippen molar-refractivity contribution in [2.45, 2.75) is 45.6 Å². The van der Waals surface area contributed by atoms with Gasteiger partial charge >= 0.3 is 0 Å².